The summed E-state index contributed by atoms with van der Waals surface area (Å²) in [4.78, 5) is 2.49. The third-order valence-corrected chi connectivity index (χ3v) is 5.00. The maximum absolute atomic E-state index is 2.49. The van der Waals surface area contributed by atoms with Gasteiger partial charge in [-0.15, -0.1) is 0 Å². The second-order valence-electron chi connectivity index (χ2n) is 7.95. The van der Waals surface area contributed by atoms with Gasteiger partial charge in [0.05, 0.1) is 0 Å². The summed E-state index contributed by atoms with van der Waals surface area (Å²) in [6.07, 6.45) is 8.22. The van der Waals surface area contributed by atoms with Gasteiger partial charge >= 0.3 is 0 Å². The summed E-state index contributed by atoms with van der Waals surface area (Å²) < 4.78 is 0. The minimum absolute atomic E-state index is 0.510. The van der Waals surface area contributed by atoms with E-state index in [1.165, 1.54) is 61.9 Å². The monoisotopic (exact) mass is 287 g/mol. The van der Waals surface area contributed by atoms with Crippen molar-refractivity contribution in [1.82, 2.24) is 0 Å². The van der Waals surface area contributed by atoms with Crippen molar-refractivity contribution < 1.29 is 0 Å². The van der Waals surface area contributed by atoms with E-state index in [1.54, 1.807) is 0 Å². The summed E-state index contributed by atoms with van der Waals surface area (Å²) in [7, 11) is 2.27. The van der Waals surface area contributed by atoms with Crippen molar-refractivity contribution in [3.05, 3.63) is 29.3 Å². The minimum Gasteiger partial charge on any atom is -0.374 e. The van der Waals surface area contributed by atoms with Gasteiger partial charge in [-0.3, -0.25) is 0 Å². The average Bonchev–Trinajstić information content (AvgIpc) is 2.38. The van der Waals surface area contributed by atoms with Crippen molar-refractivity contribution in [3.63, 3.8) is 0 Å². The van der Waals surface area contributed by atoms with E-state index in [4.69, 9.17) is 0 Å². The molecule has 21 heavy (non-hydrogen) atoms. The van der Waals surface area contributed by atoms with Crippen LogP contribution in [-0.4, -0.2) is 13.6 Å². The van der Waals surface area contributed by atoms with Crippen LogP contribution in [0.25, 0.3) is 0 Å². The second-order valence-corrected chi connectivity index (χ2v) is 7.95. The highest BCUT2D eigenvalue weighted by atomic mass is 15.1. The van der Waals surface area contributed by atoms with Gasteiger partial charge in [0.2, 0.25) is 0 Å². The Balaban J connectivity index is 2.06. The van der Waals surface area contributed by atoms with Gasteiger partial charge in [0, 0.05) is 19.3 Å². The Kier molecular flexibility index (Phi) is 5.35. The van der Waals surface area contributed by atoms with Crippen molar-refractivity contribution in [2.45, 2.75) is 66.2 Å². The molecular weight excluding hydrogens is 254 g/mol. The number of anilines is 1. The molecule has 0 amide bonds. The summed E-state index contributed by atoms with van der Waals surface area (Å²) >= 11 is 0. The lowest BCUT2D eigenvalue weighted by atomic mass is 9.75. The topological polar surface area (TPSA) is 3.24 Å². The summed E-state index contributed by atoms with van der Waals surface area (Å²) in [5.41, 5.74) is 4.82. The van der Waals surface area contributed by atoms with Crippen LogP contribution in [0.1, 0.15) is 64.0 Å². The third kappa shape index (κ3) is 4.49. The Morgan fingerprint density at radius 2 is 1.81 bits per heavy atom. The fraction of sp³-hybridized carbons (Fsp3) is 0.700. The molecule has 0 radical (unpaired) electrons. The van der Waals surface area contributed by atoms with E-state index in [0.29, 0.717) is 5.41 Å². The first-order valence-electron chi connectivity index (χ1n) is 8.70. The van der Waals surface area contributed by atoms with Crippen molar-refractivity contribution in [2.75, 3.05) is 18.5 Å². The lowest BCUT2D eigenvalue weighted by Gasteiger charge is -2.38. The number of hydrogen-bond donors (Lipinski definition) is 0. The zero-order valence-electron chi connectivity index (χ0n) is 14.7. The van der Waals surface area contributed by atoms with Crippen molar-refractivity contribution >= 4 is 5.69 Å². The molecule has 118 valence electrons. The molecular formula is C20H33N. The molecule has 0 unspecified atom stereocenters. The Labute approximate surface area is 131 Å². The van der Waals surface area contributed by atoms with Crippen LogP contribution in [-0.2, 0) is 6.42 Å². The molecule has 0 heterocycles. The van der Waals surface area contributed by atoms with E-state index >= 15 is 0 Å². The van der Waals surface area contributed by atoms with E-state index in [-0.39, 0.29) is 0 Å². The maximum atomic E-state index is 2.49. The highest BCUT2D eigenvalue weighted by molar-refractivity contribution is 5.54. The zero-order valence-corrected chi connectivity index (χ0v) is 14.7. The molecule has 0 N–H and O–H groups in total. The molecule has 2 rings (SSSR count). The van der Waals surface area contributed by atoms with Gasteiger partial charge in [-0.05, 0) is 54.7 Å². The Morgan fingerprint density at radius 3 is 2.38 bits per heavy atom. The molecule has 1 fully saturated rings. The van der Waals surface area contributed by atoms with Gasteiger partial charge in [-0.25, -0.2) is 0 Å². The highest BCUT2D eigenvalue weighted by Crippen LogP contribution is 2.37. The van der Waals surface area contributed by atoms with Crippen molar-refractivity contribution in [2.24, 2.45) is 11.3 Å². The van der Waals surface area contributed by atoms with E-state index in [9.17, 15) is 0 Å². The van der Waals surface area contributed by atoms with Gasteiger partial charge in [0.1, 0.15) is 0 Å². The SMILES string of the molecule is Cc1cc(CC(C)C)ccc1N(C)CC1(C)CCCCC1. The Morgan fingerprint density at radius 1 is 1.14 bits per heavy atom. The molecule has 1 aromatic carbocycles. The quantitative estimate of drug-likeness (QED) is 0.681. The van der Waals surface area contributed by atoms with E-state index in [1.807, 2.05) is 0 Å². The predicted octanol–water partition coefficient (Wildman–Crippen LogP) is 5.60. The fourth-order valence-electron chi connectivity index (χ4n) is 3.97. The Hall–Kier alpha value is -0.980. The van der Waals surface area contributed by atoms with E-state index in [2.05, 4.69) is 57.8 Å². The molecule has 1 aliphatic rings. The lowest BCUT2D eigenvalue weighted by Crippen LogP contribution is -2.35. The van der Waals surface area contributed by atoms with E-state index < -0.39 is 0 Å². The third-order valence-electron chi connectivity index (χ3n) is 5.00. The van der Waals surface area contributed by atoms with Crippen LogP contribution in [0.5, 0.6) is 0 Å². The van der Waals surface area contributed by atoms with Crippen molar-refractivity contribution in [1.29, 1.82) is 0 Å². The molecule has 1 aromatic rings. The normalized spacial score (nSPS) is 18.0. The largest absolute Gasteiger partial charge is 0.374 e. The number of rotatable bonds is 5. The first kappa shape index (κ1) is 16.4. The predicted molar refractivity (Wildman–Crippen MR) is 94.2 cm³/mol. The highest BCUT2D eigenvalue weighted by Gasteiger charge is 2.28. The summed E-state index contributed by atoms with van der Waals surface area (Å²) in [6, 6.07) is 7.04. The maximum Gasteiger partial charge on any atom is 0.0393 e. The standard InChI is InChI=1S/C20H33N/c1-16(2)13-18-9-10-19(17(3)14-18)21(5)15-20(4)11-7-6-8-12-20/h9-10,14,16H,6-8,11-13,15H2,1-5H3. The van der Waals surface area contributed by atoms with Gasteiger partial charge in [0.15, 0.2) is 0 Å². The van der Waals surface area contributed by atoms with Crippen molar-refractivity contribution in [3.8, 4) is 0 Å². The van der Waals surface area contributed by atoms with Crippen LogP contribution >= 0.6 is 0 Å². The molecule has 1 saturated carbocycles. The molecule has 1 heteroatoms. The lowest BCUT2D eigenvalue weighted by molar-refractivity contribution is 0.223. The first-order valence-corrected chi connectivity index (χ1v) is 8.70. The average molecular weight is 287 g/mol. The molecule has 0 aromatic heterocycles. The van der Waals surface area contributed by atoms with Crippen LogP contribution < -0.4 is 4.90 Å². The summed E-state index contributed by atoms with van der Waals surface area (Å²) in [5.74, 6) is 0.731. The zero-order chi connectivity index (χ0) is 15.5. The molecule has 0 atom stereocenters. The number of benzene rings is 1. The van der Waals surface area contributed by atoms with Gasteiger partial charge in [0.25, 0.3) is 0 Å². The molecule has 0 spiro atoms. The molecule has 1 aliphatic carbocycles. The molecule has 0 aliphatic heterocycles. The minimum atomic E-state index is 0.510. The van der Waals surface area contributed by atoms with E-state index in [0.717, 1.165) is 5.92 Å². The van der Waals surface area contributed by atoms with Crippen LogP contribution in [0.3, 0.4) is 0 Å². The van der Waals surface area contributed by atoms with Crippen LogP contribution in [0.4, 0.5) is 5.69 Å². The summed E-state index contributed by atoms with van der Waals surface area (Å²) in [6.45, 7) is 10.5. The molecule has 0 bridgehead atoms. The molecule has 1 nitrogen and oxygen atoms in total. The Bertz CT molecular complexity index is 455. The van der Waals surface area contributed by atoms with Crippen LogP contribution in [0, 0.1) is 18.3 Å². The number of aryl methyl sites for hydroxylation is 1. The van der Waals surface area contributed by atoms with Gasteiger partial charge in [-0.2, -0.15) is 0 Å². The number of nitrogens with zero attached hydrogens (tertiary/aromatic N) is 1. The number of hydrogen-bond acceptors (Lipinski definition) is 1. The van der Waals surface area contributed by atoms with Crippen LogP contribution in [0.2, 0.25) is 0 Å². The van der Waals surface area contributed by atoms with Gasteiger partial charge in [-0.1, -0.05) is 52.2 Å². The molecule has 0 saturated heterocycles. The summed E-state index contributed by atoms with van der Waals surface area (Å²) in [5, 5.41) is 0. The smallest absolute Gasteiger partial charge is 0.0393 e. The second kappa shape index (κ2) is 6.85. The van der Waals surface area contributed by atoms with Crippen LogP contribution in [0.15, 0.2) is 18.2 Å². The first-order chi connectivity index (χ1) is 9.89. The van der Waals surface area contributed by atoms with Gasteiger partial charge < -0.3 is 4.90 Å². The fourth-order valence-corrected chi connectivity index (χ4v) is 3.97.